The van der Waals surface area contributed by atoms with E-state index in [2.05, 4.69) is 23.5 Å². The smallest absolute Gasteiger partial charge is 0.248 e. The van der Waals surface area contributed by atoms with Gasteiger partial charge in [0.25, 0.3) is 0 Å². The van der Waals surface area contributed by atoms with Crippen molar-refractivity contribution in [3.63, 3.8) is 0 Å². The van der Waals surface area contributed by atoms with E-state index in [-0.39, 0.29) is 22.8 Å². The van der Waals surface area contributed by atoms with E-state index in [1.165, 1.54) is 14.7 Å². The van der Waals surface area contributed by atoms with Gasteiger partial charge in [0, 0.05) is 30.4 Å². The Balaban J connectivity index is 1.44. The molecule has 4 heterocycles. The summed E-state index contributed by atoms with van der Waals surface area (Å²) in [7, 11) is -3.64. The number of fused-ring (bicyclic) bond motifs is 1. The lowest BCUT2D eigenvalue weighted by molar-refractivity contribution is -0.139. The number of hydrogen-bond acceptors (Lipinski definition) is 6. The summed E-state index contributed by atoms with van der Waals surface area (Å²) in [6, 6.07) is 2.20. The highest BCUT2D eigenvalue weighted by molar-refractivity contribution is 7.89. The highest BCUT2D eigenvalue weighted by atomic mass is 32.2. The molecule has 0 unspecified atom stereocenters. The Morgan fingerprint density at radius 3 is 2.61 bits per heavy atom. The van der Waals surface area contributed by atoms with E-state index in [9.17, 15) is 13.2 Å². The zero-order valence-electron chi connectivity index (χ0n) is 16.3. The molecule has 0 aromatic carbocycles. The summed E-state index contributed by atoms with van der Waals surface area (Å²) in [5.74, 6) is 0.335. The topological polar surface area (TPSA) is 83.7 Å². The zero-order valence-corrected chi connectivity index (χ0v) is 18.0. The summed E-state index contributed by atoms with van der Waals surface area (Å²) in [6.07, 6.45) is 1.99. The second-order valence-electron chi connectivity index (χ2n) is 7.59. The highest BCUT2D eigenvalue weighted by Gasteiger charge is 2.38. The van der Waals surface area contributed by atoms with Gasteiger partial charge >= 0.3 is 0 Å². The molecule has 0 radical (unpaired) electrons. The van der Waals surface area contributed by atoms with E-state index in [1.807, 2.05) is 4.90 Å². The van der Waals surface area contributed by atoms with Gasteiger partial charge in [-0.3, -0.25) is 4.79 Å². The average Bonchev–Trinajstić information content (AvgIpc) is 3.28. The normalized spacial score (nSPS) is 21.7. The number of piperidine rings is 1. The summed E-state index contributed by atoms with van der Waals surface area (Å²) in [6.45, 7) is 6.75. The zero-order chi connectivity index (χ0) is 20.1. The van der Waals surface area contributed by atoms with Crippen molar-refractivity contribution >= 4 is 27.3 Å². The molecule has 0 aliphatic carbocycles. The summed E-state index contributed by atoms with van der Waals surface area (Å²) >= 11 is 1.76. The van der Waals surface area contributed by atoms with Gasteiger partial charge in [-0.05, 0) is 57.0 Å². The average molecular weight is 424 g/mol. The van der Waals surface area contributed by atoms with Gasteiger partial charge in [0.1, 0.15) is 10.6 Å². The van der Waals surface area contributed by atoms with Crippen LogP contribution < -0.4 is 0 Å². The van der Waals surface area contributed by atoms with Crippen LogP contribution in [0, 0.1) is 19.8 Å². The number of hydrogen-bond donors (Lipinski definition) is 0. The third kappa shape index (κ3) is 3.19. The van der Waals surface area contributed by atoms with Crippen molar-refractivity contribution in [2.45, 2.75) is 51.0 Å². The van der Waals surface area contributed by atoms with Gasteiger partial charge in [-0.1, -0.05) is 5.16 Å². The molecular weight excluding hydrogens is 398 g/mol. The monoisotopic (exact) mass is 423 g/mol. The SMILES string of the molecule is Cc1noc(C)c1S(=O)(=O)N1CCC(C(=O)N2CCc3sccc3[C@H]2C)CC1. The minimum atomic E-state index is -3.64. The van der Waals surface area contributed by atoms with Crippen molar-refractivity contribution in [1.29, 1.82) is 0 Å². The largest absolute Gasteiger partial charge is 0.360 e. The molecule has 2 aromatic rings. The van der Waals surface area contributed by atoms with Crippen molar-refractivity contribution in [3.8, 4) is 0 Å². The first-order valence-electron chi connectivity index (χ1n) is 9.60. The number of amides is 1. The predicted molar refractivity (Wildman–Crippen MR) is 106 cm³/mol. The van der Waals surface area contributed by atoms with Crippen LogP contribution in [0.1, 0.15) is 47.7 Å². The van der Waals surface area contributed by atoms with Crippen molar-refractivity contribution in [3.05, 3.63) is 33.3 Å². The Hall–Kier alpha value is -1.71. The van der Waals surface area contributed by atoms with Gasteiger partial charge in [-0.2, -0.15) is 4.31 Å². The Bertz CT molecular complexity index is 967. The van der Waals surface area contributed by atoms with Crippen LogP contribution in [0.5, 0.6) is 0 Å². The number of aromatic nitrogens is 1. The molecule has 9 heteroatoms. The minimum absolute atomic E-state index is 0.0894. The number of carbonyl (C=O) groups is 1. The van der Waals surface area contributed by atoms with Crippen molar-refractivity contribution in [2.75, 3.05) is 19.6 Å². The molecule has 7 nitrogen and oxygen atoms in total. The van der Waals surface area contributed by atoms with E-state index in [0.29, 0.717) is 37.4 Å². The first kappa shape index (κ1) is 19.6. The van der Waals surface area contributed by atoms with Crippen LogP contribution in [-0.4, -0.2) is 48.3 Å². The van der Waals surface area contributed by atoms with Crippen LogP contribution in [0.3, 0.4) is 0 Å². The Labute approximate surface area is 169 Å². The fourth-order valence-electron chi connectivity index (χ4n) is 4.36. The third-order valence-corrected chi connectivity index (χ3v) is 9.07. The Morgan fingerprint density at radius 1 is 1.25 bits per heavy atom. The second kappa shape index (κ2) is 7.27. The van der Waals surface area contributed by atoms with Crippen LogP contribution in [-0.2, 0) is 21.2 Å². The van der Waals surface area contributed by atoms with Crippen LogP contribution >= 0.6 is 11.3 Å². The van der Waals surface area contributed by atoms with E-state index in [1.54, 1.807) is 25.2 Å². The summed E-state index contributed by atoms with van der Waals surface area (Å²) < 4.78 is 32.4. The van der Waals surface area contributed by atoms with E-state index in [4.69, 9.17) is 4.52 Å². The number of nitrogens with zero attached hydrogens (tertiary/aromatic N) is 3. The molecule has 1 fully saturated rings. The molecule has 2 aliphatic rings. The minimum Gasteiger partial charge on any atom is -0.360 e. The molecule has 1 amide bonds. The molecule has 2 aromatic heterocycles. The lowest BCUT2D eigenvalue weighted by Gasteiger charge is -2.38. The predicted octanol–water partition coefficient (Wildman–Crippen LogP) is 2.90. The lowest BCUT2D eigenvalue weighted by atomic mass is 9.93. The van der Waals surface area contributed by atoms with Gasteiger partial charge in [0.05, 0.1) is 6.04 Å². The first-order chi connectivity index (χ1) is 13.3. The number of carbonyl (C=O) groups excluding carboxylic acids is 1. The molecule has 0 saturated carbocycles. The molecule has 1 saturated heterocycles. The van der Waals surface area contributed by atoms with E-state index >= 15 is 0 Å². The molecule has 0 spiro atoms. The van der Waals surface area contributed by atoms with Gasteiger partial charge in [0.15, 0.2) is 5.76 Å². The third-order valence-electron chi connectivity index (χ3n) is 5.93. The molecular formula is C19H25N3O4S2. The number of sulfonamides is 1. The molecule has 152 valence electrons. The summed E-state index contributed by atoms with van der Waals surface area (Å²) in [5, 5.41) is 5.85. The maximum atomic E-state index is 13.1. The molecule has 4 rings (SSSR count). The highest BCUT2D eigenvalue weighted by Crippen LogP contribution is 2.35. The fraction of sp³-hybridized carbons (Fsp3) is 0.579. The first-order valence-corrected chi connectivity index (χ1v) is 11.9. The van der Waals surface area contributed by atoms with Crippen LogP contribution in [0.4, 0.5) is 0 Å². The van der Waals surface area contributed by atoms with Crippen molar-refractivity contribution in [2.24, 2.45) is 5.92 Å². The van der Waals surface area contributed by atoms with Gasteiger partial charge in [-0.25, -0.2) is 8.42 Å². The molecule has 0 bridgehead atoms. The van der Waals surface area contributed by atoms with Crippen LogP contribution in [0.2, 0.25) is 0 Å². The quantitative estimate of drug-likeness (QED) is 0.758. The Morgan fingerprint density at radius 2 is 1.96 bits per heavy atom. The summed E-state index contributed by atoms with van der Waals surface area (Å²) in [5.41, 5.74) is 1.63. The van der Waals surface area contributed by atoms with Gasteiger partial charge in [-0.15, -0.1) is 11.3 Å². The lowest BCUT2D eigenvalue weighted by Crippen LogP contribution is -2.46. The number of rotatable bonds is 3. The number of thiophene rings is 1. The van der Waals surface area contributed by atoms with Crippen molar-refractivity contribution < 1.29 is 17.7 Å². The molecule has 2 aliphatic heterocycles. The second-order valence-corrected chi connectivity index (χ2v) is 10.5. The molecule has 1 atom stereocenters. The van der Waals surface area contributed by atoms with Crippen LogP contribution in [0.15, 0.2) is 20.9 Å². The van der Waals surface area contributed by atoms with Crippen molar-refractivity contribution in [1.82, 2.24) is 14.4 Å². The molecule has 0 N–H and O–H groups in total. The van der Waals surface area contributed by atoms with Crippen LogP contribution in [0.25, 0.3) is 0 Å². The Kier molecular flexibility index (Phi) is 5.09. The fourth-order valence-corrected chi connectivity index (χ4v) is 7.08. The summed E-state index contributed by atoms with van der Waals surface area (Å²) in [4.78, 5) is 16.6. The maximum absolute atomic E-state index is 13.1. The van der Waals surface area contributed by atoms with E-state index in [0.717, 1.165) is 13.0 Å². The number of aryl methyl sites for hydroxylation is 2. The van der Waals surface area contributed by atoms with Gasteiger partial charge in [0.2, 0.25) is 15.9 Å². The molecule has 28 heavy (non-hydrogen) atoms. The van der Waals surface area contributed by atoms with Gasteiger partial charge < -0.3 is 9.42 Å². The maximum Gasteiger partial charge on any atom is 0.248 e. The standard InChI is InChI=1S/C19H25N3O4S2/c1-12-18(14(3)26-20-12)28(24,25)21-8-4-15(5-9-21)19(23)22-10-6-17-16(13(22)2)7-11-27-17/h7,11,13,15H,4-6,8-10H2,1-3H3/t13-/m1/s1. The van der Waals surface area contributed by atoms with E-state index < -0.39 is 10.0 Å².